The zero-order chi connectivity index (χ0) is 9.14. The minimum atomic E-state index is 0.359. The van der Waals surface area contributed by atoms with Crippen LogP contribution in [0.3, 0.4) is 0 Å². The first kappa shape index (κ1) is 8.76. The van der Waals surface area contributed by atoms with Crippen molar-refractivity contribution in [3.63, 3.8) is 0 Å². The molecule has 1 aromatic rings. The molecular weight excluding hydrogens is 174 g/mol. The molecule has 0 aliphatic carbocycles. The van der Waals surface area contributed by atoms with Gasteiger partial charge in [0, 0.05) is 10.6 Å². The van der Waals surface area contributed by atoms with Gasteiger partial charge in [0.15, 0.2) is 6.29 Å². The van der Waals surface area contributed by atoms with Gasteiger partial charge in [0.2, 0.25) is 0 Å². The third-order valence-corrected chi connectivity index (χ3v) is 2.08. The predicted molar refractivity (Wildman–Crippen MR) is 46.3 cm³/mol. The van der Waals surface area contributed by atoms with Crippen LogP contribution >= 0.6 is 11.6 Å². The molecule has 1 rings (SSSR count). The highest BCUT2D eigenvalue weighted by atomic mass is 35.5. The number of nitrogens with zero attached hydrogens (tertiary/aromatic N) is 1. The quantitative estimate of drug-likeness (QED) is 0.621. The number of aldehydes is 1. The Bertz CT molecular complexity index is 366. The fraction of sp³-hybridized carbons (Fsp3) is 0.111. The fourth-order valence-corrected chi connectivity index (χ4v) is 1.11. The van der Waals surface area contributed by atoms with E-state index in [1.54, 1.807) is 19.1 Å². The average molecular weight is 180 g/mol. The molecule has 2 nitrogen and oxygen atoms in total. The zero-order valence-electron chi connectivity index (χ0n) is 6.47. The third kappa shape index (κ3) is 1.32. The second kappa shape index (κ2) is 3.38. The van der Waals surface area contributed by atoms with E-state index in [4.69, 9.17) is 16.9 Å². The maximum atomic E-state index is 10.5. The summed E-state index contributed by atoms with van der Waals surface area (Å²) < 4.78 is 0. The predicted octanol–water partition coefficient (Wildman–Crippen LogP) is 2.33. The second-order valence-electron chi connectivity index (χ2n) is 2.37. The van der Waals surface area contributed by atoms with E-state index in [0.29, 0.717) is 28.0 Å². The summed E-state index contributed by atoms with van der Waals surface area (Å²) in [5.74, 6) is 0. The number of halogens is 1. The van der Waals surface area contributed by atoms with E-state index in [1.165, 1.54) is 0 Å². The monoisotopic (exact) mass is 179 g/mol. The van der Waals surface area contributed by atoms with E-state index < -0.39 is 0 Å². The van der Waals surface area contributed by atoms with Crippen LogP contribution in [0.15, 0.2) is 12.1 Å². The highest BCUT2D eigenvalue weighted by molar-refractivity contribution is 6.31. The summed E-state index contributed by atoms with van der Waals surface area (Å²) in [4.78, 5) is 10.5. The standard InChI is InChI=1S/C9H6ClNO/c1-6-8(4-11)7(5-12)2-3-9(6)10/h2-3,5H,1H3. The summed E-state index contributed by atoms with van der Waals surface area (Å²) >= 11 is 5.75. The molecule has 3 heteroatoms. The van der Waals surface area contributed by atoms with Crippen molar-refractivity contribution in [2.75, 3.05) is 0 Å². The van der Waals surface area contributed by atoms with Crippen LogP contribution < -0.4 is 0 Å². The summed E-state index contributed by atoms with van der Waals surface area (Å²) in [6.07, 6.45) is 0.655. The van der Waals surface area contributed by atoms with E-state index in [9.17, 15) is 4.79 Å². The lowest BCUT2D eigenvalue weighted by Crippen LogP contribution is -1.91. The molecule has 0 atom stereocenters. The zero-order valence-corrected chi connectivity index (χ0v) is 7.22. The lowest BCUT2D eigenvalue weighted by atomic mass is 10.0. The largest absolute Gasteiger partial charge is 0.298 e. The van der Waals surface area contributed by atoms with Gasteiger partial charge in [-0.05, 0) is 24.6 Å². The summed E-state index contributed by atoms with van der Waals surface area (Å²) in [5, 5.41) is 9.20. The first-order valence-corrected chi connectivity index (χ1v) is 3.73. The lowest BCUT2D eigenvalue weighted by Gasteiger charge is -2.01. The van der Waals surface area contributed by atoms with Crippen LogP contribution in [-0.4, -0.2) is 6.29 Å². The van der Waals surface area contributed by atoms with E-state index >= 15 is 0 Å². The Morgan fingerprint density at radius 1 is 1.58 bits per heavy atom. The number of carbonyl (C=O) groups excluding carboxylic acids is 1. The summed E-state index contributed by atoms with van der Waals surface area (Å²) in [7, 11) is 0. The number of benzene rings is 1. The highest BCUT2D eigenvalue weighted by Crippen LogP contribution is 2.20. The first-order chi connectivity index (χ1) is 5.70. The van der Waals surface area contributed by atoms with Crippen molar-refractivity contribution in [2.24, 2.45) is 0 Å². The Kier molecular flexibility index (Phi) is 2.47. The number of hydrogen-bond donors (Lipinski definition) is 0. The molecule has 0 unspecified atom stereocenters. The molecule has 0 aromatic heterocycles. The Morgan fingerprint density at radius 3 is 2.75 bits per heavy atom. The molecule has 0 bridgehead atoms. The fourth-order valence-electron chi connectivity index (χ4n) is 0.954. The van der Waals surface area contributed by atoms with Crippen LogP contribution in [0, 0.1) is 18.3 Å². The van der Waals surface area contributed by atoms with Crippen LogP contribution in [0.5, 0.6) is 0 Å². The Balaban J connectivity index is 3.48. The molecule has 60 valence electrons. The van der Waals surface area contributed by atoms with Crippen molar-refractivity contribution in [2.45, 2.75) is 6.92 Å². The normalized spacial score (nSPS) is 9.08. The van der Waals surface area contributed by atoms with Gasteiger partial charge in [0.1, 0.15) is 6.07 Å². The van der Waals surface area contributed by atoms with Crippen molar-refractivity contribution in [1.82, 2.24) is 0 Å². The van der Waals surface area contributed by atoms with Crippen LogP contribution in [0.2, 0.25) is 5.02 Å². The van der Waals surface area contributed by atoms with Gasteiger partial charge in [0.05, 0.1) is 5.56 Å². The summed E-state index contributed by atoms with van der Waals surface area (Å²) in [6.45, 7) is 1.72. The Labute approximate surface area is 75.4 Å². The van der Waals surface area contributed by atoms with Crippen molar-refractivity contribution in [3.05, 3.63) is 33.8 Å². The molecular formula is C9H6ClNO. The molecule has 1 aromatic carbocycles. The van der Waals surface area contributed by atoms with Gasteiger partial charge < -0.3 is 0 Å². The van der Waals surface area contributed by atoms with E-state index in [2.05, 4.69) is 0 Å². The highest BCUT2D eigenvalue weighted by Gasteiger charge is 2.06. The first-order valence-electron chi connectivity index (χ1n) is 3.35. The molecule has 12 heavy (non-hydrogen) atoms. The molecule has 0 fully saturated rings. The van der Waals surface area contributed by atoms with Crippen molar-refractivity contribution < 1.29 is 4.79 Å². The molecule has 0 N–H and O–H groups in total. The second-order valence-corrected chi connectivity index (χ2v) is 2.77. The van der Waals surface area contributed by atoms with Crippen LogP contribution in [0.1, 0.15) is 21.5 Å². The molecule has 0 aliphatic rings. The SMILES string of the molecule is Cc1c(Cl)ccc(C=O)c1C#N. The number of hydrogen-bond acceptors (Lipinski definition) is 2. The van der Waals surface area contributed by atoms with Gasteiger partial charge in [-0.15, -0.1) is 0 Å². The molecule has 0 amide bonds. The van der Waals surface area contributed by atoms with E-state index in [0.717, 1.165) is 0 Å². The maximum Gasteiger partial charge on any atom is 0.151 e. The average Bonchev–Trinajstić information content (AvgIpc) is 2.09. The molecule has 0 saturated heterocycles. The van der Waals surface area contributed by atoms with Crippen LogP contribution in [-0.2, 0) is 0 Å². The Morgan fingerprint density at radius 2 is 2.25 bits per heavy atom. The lowest BCUT2D eigenvalue weighted by molar-refractivity contribution is 0.112. The van der Waals surface area contributed by atoms with Gasteiger partial charge in [-0.1, -0.05) is 11.6 Å². The molecule has 0 saturated carbocycles. The molecule has 0 aliphatic heterocycles. The van der Waals surface area contributed by atoms with Crippen molar-refractivity contribution in [3.8, 4) is 6.07 Å². The van der Waals surface area contributed by atoms with Gasteiger partial charge >= 0.3 is 0 Å². The molecule has 0 spiro atoms. The van der Waals surface area contributed by atoms with Crippen LogP contribution in [0.25, 0.3) is 0 Å². The van der Waals surface area contributed by atoms with E-state index in [1.807, 2.05) is 6.07 Å². The van der Waals surface area contributed by atoms with Crippen molar-refractivity contribution >= 4 is 17.9 Å². The summed E-state index contributed by atoms with van der Waals surface area (Å²) in [5.41, 5.74) is 1.40. The minimum Gasteiger partial charge on any atom is -0.298 e. The van der Waals surface area contributed by atoms with Gasteiger partial charge in [-0.3, -0.25) is 4.79 Å². The maximum absolute atomic E-state index is 10.5. The van der Waals surface area contributed by atoms with Gasteiger partial charge in [0.25, 0.3) is 0 Å². The minimum absolute atomic E-state index is 0.359. The van der Waals surface area contributed by atoms with Crippen LogP contribution in [0.4, 0.5) is 0 Å². The topological polar surface area (TPSA) is 40.9 Å². The van der Waals surface area contributed by atoms with Gasteiger partial charge in [-0.2, -0.15) is 5.26 Å². The number of rotatable bonds is 1. The number of nitriles is 1. The summed E-state index contributed by atoms with van der Waals surface area (Å²) in [6, 6.07) is 5.10. The molecule has 0 heterocycles. The third-order valence-electron chi connectivity index (χ3n) is 1.67. The smallest absolute Gasteiger partial charge is 0.151 e. The Hall–Kier alpha value is -1.33. The van der Waals surface area contributed by atoms with Gasteiger partial charge in [-0.25, -0.2) is 0 Å². The van der Waals surface area contributed by atoms with E-state index in [-0.39, 0.29) is 0 Å². The van der Waals surface area contributed by atoms with Crippen molar-refractivity contribution in [1.29, 1.82) is 5.26 Å². The molecule has 0 radical (unpaired) electrons. The number of carbonyl (C=O) groups is 1.